The summed E-state index contributed by atoms with van der Waals surface area (Å²) in [4.78, 5) is 22.1. The zero-order valence-electron chi connectivity index (χ0n) is 9.39. The highest BCUT2D eigenvalue weighted by Crippen LogP contribution is 2.11. The van der Waals surface area contributed by atoms with Crippen molar-refractivity contribution in [2.24, 2.45) is 0 Å². The van der Waals surface area contributed by atoms with Gasteiger partial charge in [-0.15, -0.1) is 0 Å². The molecule has 1 atom stereocenters. The zero-order chi connectivity index (χ0) is 13.5. The minimum atomic E-state index is -1.27. The van der Waals surface area contributed by atoms with E-state index in [1.54, 1.807) is 0 Å². The summed E-state index contributed by atoms with van der Waals surface area (Å²) in [6.45, 7) is -0.378. The molecule has 1 aromatic rings. The summed E-state index contributed by atoms with van der Waals surface area (Å²) in [5.41, 5.74) is -0.0527. The number of para-hydroxylation sites is 1. The Kier molecular flexibility index (Phi) is 5.06. The molecule has 0 heterocycles. The lowest BCUT2D eigenvalue weighted by Gasteiger charge is -2.14. The number of rotatable bonds is 5. The number of amides is 2. The van der Waals surface area contributed by atoms with Crippen LogP contribution in [-0.4, -0.2) is 34.9 Å². The first-order valence-corrected chi connectivity index (χ1v) is 5.20. The molecule has 98 valence electrons. The van der Waals surface area contributed by atoms with Gasteiger partial charge in [0.25, 0.3) is 0 Å². The Morgan fingerprint density at radius 3 is 2.56 bits per heavy atom. The maximum atomic E-state index is 13.2. The quantitative estimate of drug-likeness (QED) is 0.625. The average molecular weight is 256 g/mol. The van der Waals surface area contributed by atoms with Gasteiger partial charge in [0.1, 0.15) is 11.9 Å². The van der Waals surface area contributed by atoms with Crippen LogP contribution in [0.3, 0.4) is 0 Å². The van der Waals surface area contributed by atoms with Gasteiger partial charge in [0.05, 0.1) is 5.69 Å². The molecule has 18 heavy (non-hydrogen) atoms. The highest BCUT2D eigenvalue weighted by Gasteiger charge is 2.19. The van der Waals surface area contributed by atoms with E-state index < -0.39 is 23.9 Å². The summed E-state index contributed by atoms with van der Waals surface area (Å²) in [5, 5.41) is 21.7. The number of carboxylic acid groups (broad SMARTS) is 1. The molecule has 0 bridgehead atoms. The second kappa shape index (κ2) is 6.55. The number of aliphatic hydroxyl groups excluding tert-OH is 1. The van der Waals surface area contributed by atoms with Crippen LogP contribution in [0, 0.1) is 5.82 Å². The first kappa shape index (κ1) is 13.9. The van der Waals surface area contributed by atoms with Gasteiger partial charge < -0.3 is 20.8 Å². The maximum absolute atomic E-state index is 13.2. The molecule has 0 saturated heterocycles. The second-order valence-electron chi connectivity index (χ2n) is 3.48. The van der Waals surface area contributed by atoms with Gasteiger partial charge in [-0.05, 0) is 12.1 Å². The molecule has 4 N–H and O–H groups in total. The second-order valence-corrected chi connectivity index (χ2v) is 3.48. The molecule has 0 aliphatic rings. The van der Waals surface area contributed by atoms with E-state index >= 15 is 0 Å². The van der Waals surface area contributed by atoms with Gasteiger partial charge in [0.15, 0.2) is 0 Å². The summed E-state index contributed by atoms with van der Waals surface area (Å²) in [5.74, 6) is -1.89. The zero-order valence-corrected chi connectivity index (χ0v) is 9.39. The number of aliphatic carboxylic acids is 1. The largest absolute Gasteiger partial charge is 0.480 e. The predicted molar refractivity (Wildman–Crippen MR) is 61.7 cm³/mol. The van der Waals surface area contributed by atoms with E-state index in [9.17, 15) is 14.0 Å². The highest BCUT2D eigenvalue weighted by molar-refractivity contribution is 5.92. The van der Waals surface area contributed by atoms with E-state index in [0.29, 0.717) is 0 Å². The lowest BCUT2D eigenvalue weighted by atomic mass is 10.2. The molecule has 7 heteroatoms. The summed E-state index contributed by atoms with van der Waals surface area (Å²) < 4.78 is 13.2. The first-order valence-electron chi connectivity index (χ1n) is 5.20. The molecule has 0 radical (unpaired) electrons. The maximum Gasteiger partial charge on any atom is 0.326 e. The smallest absolute Gasteiger partial charge is 0.326 e. The Bertz CT molecular complexity index is 439. The fourth-order valence-corrected chi connectivity index (χ4v) is 1.27. The van der Waals surface area contributed by atoms with Crippen molar-refractivity contribution in [1.29, 1.82) is 0 Å². The number of carbonyl (C=O) groups is 2. The fourth-order valence-electron chi connectivity index (χ4n) is 1.27. The Hall–Kier alpha value is -2.15. The number of anilines is 1. The van der Waals surface area contributed by atoms with Gasteiger partial charge in [-0.2, -0.15) is 0 Å². The van der Waals surface area contributed by atoms with Gasteiger partial charge in [-0.1, -0.05) is 12.1 Å². The Morgan fingerprint density at radius 1 is 1.33 bits per heavy atom. The molecule has 0 aliphatic carbocycles. The third-order valence-corrected chi connectivity index (χ3v) is 2.14. The summed E-state index contributed by atoms with van der Waals surface area (Å²) in [6, 6.07) is 3.43. The van der Waals surface area contributed by atoms with Crippen LogP contribution in [0.1, 0.15) is 6.42 Å². The van der Waals surface area contributed by atoms with Crippen molar-refractivity contribution < 1.29 is 24.2 Å². The summed E-state index contributed by atoms with van der Waals surface area (Å²) in [6.07, 6.45) is -0.125. The van der Waals surface area contributed by atoms with Crippen molar-refractivity contribution in [2.75, 3.05) is 11.9 Å². The number of benzene rings is 1. The van der Waals surface area contributed by atoms with Crippen molar-refractivity contribution in [3.63, 3.8) is 0 Å². The molecule has 0 aliphatic heterocycles. The van der Waals surface area contributed by atoms with E-state index in [1.807, 2.05) is 0 Å². The molecule has 0 aromatic heterocycles. The van der Waals surface area contributed by atoms with Gasteiger partial charge in [-0.25, -0.2) is 14.0 Å². The van der Waals surface area contributed by atoms with Crippen LogP contribution in [-0.2, 0) is 4.79 Å². The number of hydrogen-bond acceptors (Lipinski definition) is 3. The molecule has 2 amide bonds. The topological polar surface area (TPSA) is 98.7 Å². The standard InChI is InChI=1S/C11H13FN2O4/c12-7-3-1-2-4-8(7)13-11(18)14-9(5-6-15)10(16)17/h1-4,9,15H,5-6H2,(H,16,17)(H2,13,14,18)/t9-/m0/s1. The third-order valence-electron chi connectivity index (χ3n) is 2.14. The van der Waals surface area contributed by atoms with Crippen LogP contribution < -0.4 is 10.6 Å². The minimum Gasteiger partial charge on any atom is -0.480 e. The van der Waals surface area contributed by atoms with Crippen molar-refractivity contribution in [2.45, 2.75) is 12.5 Å². The van der Waals surface area contributed by atoms with Crippen LogP contribution in [0.15, 0.2) is 24.3 Å². The molecule has 1 rings (SSSR count). The Morgan fingerprint density at radius 2 is 2.00 bits per heavy atom. The molecule has 1 aromatic carbocycles. The van der Waals surface area contributed by atoms with Crippen molar-refractivity contribution in [1.82, 2.24) is 5.32 Å². The molecule has 0 spiro atoms. The molecule has 6 nitrogen and oxygen atoms in total. The fraction of sp³-hybridized carbons (Fsp3) is 0.273. The molecular weight excluding hydrogens is 243 g/mol. The molecule has 0 saturated carbocycles. The van der Waals surface area contributed by atoms with E-state index in [-0.39, 0.29) is 18.7 Å². The van der Waals surface area contributed by atoms with Gasteiger partial charge in [-0.3, -0.25) is 0 Å². The Balaban J connectivity index is 2.61. The lowest BCUT2D eigenvalue weighted by molar-refractivity contribution is -0.139. The van der Waals surface area contributed by atoms with Crippen molar-refractivity contribution >= 4 is 17.7 Å². The summed E-state index contributed by atoms with van der Waals surface area (Å²) >= 11 is 0. The highest BCUT2D eigenvalue weighted by atomic mass is 19.1. The normalized spacial score (nSPS) is 11.7. The van der Waals surface area contributed by atoms with E-state index in [1.165, 1.54) is 18.2 Å². The number of carbonyl (C=O) groups excluding carboxylic acids is 1. The first-order chi connectivity index (χ1) is 8.54. The molecular formula is C11H13FN2O4. The minimum absolute atomic E-state index is 0.0527. The van der Waals surface area contributed by atoms with Crippen LogP contribution >= 0.6 is 0 Å². The average Bonchev–Trinajstić information content (AvgIpc) is 2.31. The van der Waals surface area contributed by atoms with Crippen LogP contribution in [0.25, 0.3) is 0 Å². The third kappa shape index (κ3) is 4.02. The van der Waals surface area contributed by atoms with Crippen LogP contribution in [0.4, 0.5) is 14.9 Å². The SMILES string of the molecule is O=C(Nc1ccccc1F)N[C@@H](CCO)C(=O)O. The van der Waals surface area contributed by atoms with E-state index in [0.717, 1.165) is 6.07 Å². The number of halogens is 1. The van der Waals surface area contributed by atoms with Crippen molar-refractivity contribution in [3.05, 3.63) is 30.1 Å². The number of aliphatic hydroxyl groups is 1. The van der Waals surface area contributed by atoms with Crippen LogP contribution in [0.5, 0.6) is 0 Å². The van der Waals surface area contributed by atoms with Crippen LogP contribution in [0.2, 0.25) is 0 Å². The number of carboxylic acids is 1. The van der Waals surface area contributed by atoms with E-state index in [2.05, 4.69) is 10.6 Å². The Labute approximate surface area is 102 Å². The summed E-state index contributed by atoms with van der Waals surface area (Å²) in [7, 11) is 0. The molecule has 0 unspecified atom stereocenters. The van der Waals surface area contributed by atoms with E-state index in [4.69, 9.17) is 10.2 Å². The monoisotopic (exact) mass is 256 g/mol. The number of nitrogens with one attached hydrogen (secondary N) is 2. The van der Waals surface area contributed by atoms with Gasteiger partial charge in [0, 0.05) is 13.0 Å². The van der Waals surface area contributed by atoms with Crippen molar-refractivity contribution in [3.8, 4) is 0 Å². The number of hydrogen-bond donors (Lipinski definition) is 4. The molecule has 0 fully saturated rings. The number of urea groups is 1. The van der Waals surface area contributed by atoms with Gasteiger partial charge in [0.2, 0.25) is 0 Å². The van der Waals surface area contributed by atoms with Gasteiger partial charge >= 0.3 is 12.0 Å². The predicted octanol–water partition coefficient (Wildman–Crippen LogP) is 0.783. The lowest BCUT2D eigenvalue weighted by Crippen LogP contribution is -2.43.